The summed E-state index contributed by atoms with van der Waals surface area (Å²) in [6.07, 6.45) is 4.22. The van der Waals surface area contributed by atoms with Gasteiger partial charge in [-0.1, -0.05) is 17.7 Å². The smallest absolute Gasteiger partial charge is 0.248 e. The number of hydrogen-bond acceptors (Lipinski definition) is 2. The summed E-state index contributed by atoms with van der Waals surface area (Å²) in [7, 11) is 0. The zero-order valence-corrected chi connectivity index (χ0v) is 11.8. The summed E-state index contributed by atoms with van der Waals surface area (Å²) in [5, 5.41) is 2.90. The van der Waals surface area contributed by atoms with Crippen LogP contribution in [0.3, 0.4) is 0 Å². The van der Waals surface area contributed by atoms with E-state index in [-0.39, 0.29) is 5.91 Å². The van der Waals surface area contributed by atoms with Gasteiger partial charge in [0, 0.05) is 18.3 Å². The Hall–Kier alpha value is -1.61. The van der Waals surface area contributed by atoms with Crippen LogP contribution in [-0.4, -0.2) is 23.9 Å². The molecule has 1 aromatic rings. The zero-order chi connectivity index (χ0) is 13.7. The lowest BCUT2D eigenvalue weighted by atomic mass is 10.2. The van der Waals surface area contributed by atoms with E-state index in [1.807, 2.05) is 26.0 Å². The molecule has 1 fully saturated rings. The van der Waals surface area contributed by atoms with Crippen LogP contribution in [0, 0.1) is 0 Å². The van der Waals surface area contributed by atoms with E-state index in [1.165, 1.54) is 31.5 Å². The molecule has 102 valence electrons. The Morgan fingerprint density at radius 2 is 2.05 bits per heavy atom. The van der Waals surface area contributed by atoms with Crippen molar-refractivity contribution in [1.29, 1.82) is 0 Å². The normalized spacial score (nSPS) is 15.3. The summed E-state index contributed by atoms with van der Waals surface area (Å²) in [6.45, 7) is 7.20. The second kappa shape index (κ2) is 6.53. The van der Waals surface area contributed by atoms with Gasteiger partial charge in [-0.15, -0.1) is 0 Å². The second-order valence-corrected chi connectivity index (χ2v) is 5.39. The minimum atomic E-state index is -0.0571. The fourth-order valence-corrected chi connectivity index (χ4v) is 2.39. The number of rotatable bonds is 4. The summed E-state index contributed by atoms with van der Waals surface area (Å²) in [5.74, 6) is -0.0571. The van der Waals surface area contributed by atoms with Gasteiger partial charge in [0.1, 0.15) is 0 Å². The van der Waals surface area contributed by atoms with Gasteiger partial charge in [-0.05, 0) is 57.5 Å². The Morgan fingerprint density at radius 1 is 1.32 bits per heavy atom. The van der Waals surface area contributed by atoms with Crippen LogP contribution in [0.2, 0.25) is 0 Å². The molecule has 1 aromatic carbocycles. The SMILES string of the molecule is CC(C)=CC(=O)Nc1cccc(CN2CCCC2)c1. The predicted octanol–water partition coefficient (Wildman–Crippen LogP) is 3.19. The molecule has 19 heavy (non-hydrogen) atoms. The van der Waals surface area contributed by atoms with Crippen LogP contribution < -0.4 is 5.32 Å². The van der Waals surface area contributed by atoms with E-state index in [9.17, 15) is 4.79 Å². The summed E-state index contributed by atoms with van der Waals surface area (Å²) < 4.78 is 0. The fraction of sp³-hybridized carbons (Fsp3) is 0.438. The van der Waals surface area contributed by atoms with Crippen LogP contribution in [0.4, 0.5) is 5.69 Å². The Labute approximate surface area is 115 Å². The first kappa shape index (κ1) is 13.8. The van der Waals surface area contributed by atoms with Crippen molar-refractivity contribution in [1.82, 2.24) is 4.90 Å². The molecule has 3 nitrogen and oxygen atoms in total. The van der Waals surface area contributed by atoms with Crippen molar-refractivity contribution in [2.45, 2.75) is 33.2 Å². The van der Waals surface area contributed by atoms with Crippen LogP contribution in [0.15, 0.2) is 35.9 Å². The van der Waals surface area contributed by atoms with Crippen LogP contribution in [0.25, 0.3) is 0 Å². The van der Waals surface area contributed by atoms with E-state index in [2.05, 4.69) is 22.3 Å². The Morgan fingerprint density at radius 3 is 2.74 bits per heavy atom. The maximum Gasteiger partial charge on any atom is 0.248 e. The maximum atomic E-state index is 11.7. The molecule has 0 spiro atoms. The molecule has 0 bridgehead atoms. The average molecular weight is 258 g/mol. The highest BCUT2D eigenvalue weighted by Crippen LogP contribution is 2.16. The number of nitrogens with zero attached hydrogens (tertiary/aromatic N) is 1. The van der Waals surface area contributed by atoms with Gasteiger partial charge in [0.15, 0.2) is 0 Å². The number of allylic oxidation sites excluding steroid dienone is 1. The topological polar surface area (TPSA) is 32.3 Å². The molecule has 1 heterocycles. The standard InChI is InChI=1S/C16H22N2O/c1-13(2)10-16(19)17-15-7-5-6-14(11-15)12-18-8-3-4-9-18/h5-7,10-11H,3-4,8-9,12H2,1-2H3,(H,17,19). The molecule has 1 saturated heterocycles. The largest absolute Gasteiger partial charge is 0.323 e. The van der Waals surface area contributed by atoms with Crippen molar-refractivity contribution in [3.8, 4) is 0 Å². The third-order valence-corrected chi connectivity index (χ3v) is 3.22. The summed E-state index contributed by atoms with van der Waals surface area (Å²) in [4.78, 5) is 14.1. The fourth-order valence-electron chi connectivity index (χ4n) is 2.39. The Kier molecular flexibility index (Phi) is 4.74. The second-order valence-electron chi connectivity index (χ2n) is 5.39. The third-order valence-electron chi connectivity index (χ3n) is 3.22. The molecule has 0 aromatic heterocycles. The first-order chi connectivity index (χ1) is 9.13. The van der Waals surface area contributed by atoms with Crippen LogP contribution >= 0.6 is 0 Å². The van der Waals surface area contributed by atoms with Gasteiger partial charge >= 0.3 is 0 Å². The highest BCUT2D eigenvalue weighted by atomic mass is 16.1. The molecule has 1 N–H and O–H groups in total. The van der Waals surface area contributed by atoms with E-state index < -0.39 is 0 Å². The van der Waals surface area contributed by atoms with Gasteiger partial charge in [0.05, 0.1) is 0 Å². The molecule has 1 aliphatic heterocycles. The van der Waals surface area contributed by atoms with Crippen molar-refractivity contribution in [3.05, 3.63) is 41.5 Å². The minimum Gasteiger partial charge on any atom is -0.323 e. The average Bonchev–Trinajstić information content (AvgIpc) is 2.81. The lowest BCUT2D eigenvalue weighted by Crippen LogP contribution is -2.18. The molecule has 3 heteroatoms. The molecule has 1 amide bonds. The lowest BCUT2D eigenvalue weighted by Gasteiger charge is -2.15. The number of likely N-dealkylation sites (tertiary alicyclic amines) is 1. The van der Waals surface area contributed by atoms with Gasteiger partial charge in [-0.3, -0.25) is 9.69 Å². The zero-order valence-electron chi connectivity index (χ0n) is 11.8. The highest BCUT2D eigenvalue weighted by Gasteiger charge is 2.11. The van der Waals surface area contributed by atoms with E-state index in [1.54, 1.807) is 6.08 Å². The van der Waals surface area contributed by atoms with E-state index in [4.69, 9.17) is 0 Å². The third kappa shape index (κ3) is 4.52. The number of nitrogens with one attached hydrogen (secondary N) is 1. The lowest BCUT2D eigenvalue weighted by molar-refractivity contribution is -0.111. The van der Waals surface area contributed by atoms with Crippen molar-refractivity contribution >= 4 is 11.6 Å². The number of anilines is 1. The first-order valence-corrected chi connectivity index (χ1v) is 6.91. The van der Waals surface area contributed by atoms with Gasteiger partial charge in [-0.25, -0.2) is 0 Å². The first-order valence-electron chi connectivity index (χ1n) is 6.91. The Bertz CT molecular complexity index is 469. The summed E-state index contributed by atoms with van der Waals surface area (Å²) in [5.41, 5.74) is 3.14. The van der Waals surface area contributed by atoms with Gasteiger partial charge < -0.3 is 5.32 Å². The van der Waals surface area contributed by atoms with Crippen molar-refractivity contribution < 1.29 is 4.79 Å². The number of carbonyl (C=O) groups excluding carboxylic acids is 1. The number of benzene rings is 1. The van der Waals surface area contributed by atoms with E-state index in [0.717, 1.165) is 17.8 Å². The summed E-state index contributed by atoms with van der Waals surface area (Å²) in [6, 6.07) is 8.12. The highest BCUT2D eigenvalue weighted by molar-refractivity contribution is 5.99. The maximum absolute atomic E-state index is 11.7. The predicted molar refractivity (Wildman–Crippen MR) is 79.0 cm³/mol. The molecular weight excluding hydrogens is 236 g/mol. The summed E-state index contributed by atoms with van der Waals surface area (Å²) >= 11 is 0. The van der Waals surface area contributed by atoms with Crippen molar-refractivity contribution in [3.63, 3.8) is 0 Å². The minimum absolute atomic E-state index is 0.0571. The number of amides is 1. The monoisotopic (exact) mass is 258 g/mol. The molecule has 2 rings (SSSR count). The number of hydrogen-bond donors (Lipinski definition) is 1. The Balaban J connectivity index is 1.98. The molecule has 0 radical (unpaired) electrons. The molecule has 1 aliphatic rings. The molecule has 0 atom stereocenters. The van der Waals surface area contributed by atoms with Crippen molar-refractivity contribution in [2.75, 3.05) is 18.4 Å². The number of carbonyl (C=O) groups is 1. The quantitative estimate of drug-likeness (QED) is 0.841. The van der Waals surface area contributed by atoms with E-state index in [0.29, 0.717) is 0 Å². The van der Waals surface area contributed by atoms with Crippen molar-refractivity contribution in [2.24, 2.45) is 0 Å². The van der Waals surface area contributed by atoms with Gasteiger partial charge in [-0.2, -0.15) is 0 Å². The van der Waals surface area contributed by atoms with Crippen LogP contribution in [0.1, 0.15) is 32.3 Å². The molecule has 0 unspecified atom stereocenters. The van der Waals surface area contributed by atoms with Gasteiger partial charge in [0.25, 0.3) is 0 Å². The van der Waals surface area contributed by atoms with Crippen LogP contribution in [0.5, 0.6) is 0 Å². The molecule has 0 aliphatic carbocycles. The molecular formula is C16H22N2O. The van der Waals surface area contributed by atoms with E-state index >= 15 is 0 Å². The van der Waals surface area contributed by atoms with Crippen LogP contribution in [-0.2, 0) is 11.3 Å². The molecule has 0 saturated carbocycles. The van der Waals surface area contributed by atoms with Gasteiger partial charge in [0.2, 0.25) is 5.91 Å².